The number of hydrogen-bond donors (Lipinski definition) is 0. The van der Waals surface area contributed by atoms with Crippen molar-refractivity contribution in [3.05, 3.63) is 35.4 Å². The fourth-order valence-corrected chi connectivity index (χ4v) is 4.16. The molecule has 0 spiro atoms. The van der Waals surface area contributed by atoms with E-state index in [1.165, 1.54) is 12.0 Å². The Hall–Kier alpha value is -2.35. The van der Waals surface area contributed by atoms with E-state index in [4.69, 9.17) is 10.00 Å². The molecule has 1 amide bonds. The molecule has 0 aromatic heterocycles. The van der Waals surface area contributed by atoms with Crippen molar-refractivity contribution in [1.82, 2.24) is 4.90 Å². The third-order valence-electron chi connectivity index (χ3n) is 5.23. The first-order valence-corrected chi connectivity index (χ1v) is 8.34. The quantitative estimate of drug-likeness (QED) is 0.749. The van der Waals surface area contributed by atoms with Crippen LogP contribution in [0.15, 0.2) is 29.3 Å². The van der Waals surface area contributed by atoms with Crippen LogP contribution in [0.2, 0.25) is 0 Å². The van der Waals surface area contributed by atoms with E-state index in [1.54, 1.807) is 11.1 Å². The van der Waals surface area contributed by atoms with Gasteiger partial charge in [-0.05, 0) is 24.0 Å². The van der Waals surface area contributed by atoms with Crippen LogP contribution in [-0.2, 0) is 16.0 Å². The molecule has 1 heterocycles. The molecule has 4 rings (SSSR count). The van der Waals surface area contributed by atoms with Crippen LogP contribution < -0.4 is 0 Å². The Morgan fingerprint density at radius 3 is 2.83 bits per heavy atom. The molecule has 1 aromatic rings. The van der Waals surface area contributed by atoms with Crippen LogP contribution in [0, 0.1) is 17.4 Å². The molecule has 3 aliphatic rings. The first-order valence-electron chi connectivity index (χ1n) is 8.34. The SMILES string of the molecule is N#CN=C1O[C@@H]2Cc3ccccc3[C@@H]2N1C(=O)C1CCCCC1. The Morgan fingerprint density at radius 2 is 2.04 bits per heavy atom. The normalized spacial score (nSPS) is 28.1. The molecule has 0 radical (unpaired) electrons. The van der Waals surface area contributed by atoms with E-state index in [2.05, 4.69) is 17.1 Å². The molecule has 0 bridgehead atoms. The summed E-state index contributed by atoms with van der Waals surface area (Å²) >= 11 is 0. The van der Waals surface area contributed by atoms with Gasteiger partial charge >= 0.3 is 6.02 Å². The van der Waals surface area contributed by atoms with Crippen molar-refractivity contribution in [1.29, 1.82) is 5.26 Å². The van der Waals surface area contributed by atoms with E-state index in [9.17, 15) is 4.79 Å². The van der Waals surface area contributed by atoms with Gasteiger partial charge in [-0.2, -0.15) is 5.26 Å². The molecule has 2 atom stereocenters. The van der Waals surface area contributed by atoms with Crippen molar-refractivity contribution in [3.8, 4) is 6.19 Å². The summed E-state index contributed by atoms with van der Waals surface area (Å²) in [6.07, 6.45) is 7.67. The topological polar surface area (TPSA) is 65.7 Å². The highest BCUT2D eigenvalue weighted by Crippen LogP contribution is 2.44. The number of amides is 1. The van der Waals surface area contributed by atoms with E-state index < -0.39 is 0 Å². The largest absolute Gasteiger partial charge is 0.458 e. The molecular weight excluding hydrogens is 290 g/mol. The molecular formula is C18H19N3O2. The zero-order valence-electron chi connectivity index (χ0n) is 12.9. The number of hydrogen-bond acceptors (Lipinski definition) is 4. The molecule has 1 saturated heterocycles. The zero-order chi connectivity index (χ0) is 15.8. The van der Waals surface area contributed by atoms with E-state index >= 15 is 0 Å². The number of nitriles is 1. The lowest BCUT2D eigenvalue weighted by atomic mass is 9.88. The Bertz CT molecular complexity index is 700. The van der Waals surface area contributed by atoms with Gasteiger partial charge in [0, 0.05) is 12.3 Å². The third-order valence-corrected chi connectivity index (χ3v) is 5.23. The van der Waals surface area contributed by atoms with Gasteiger partial charge in [0.25, 0.3) is 0 Å². The Balaban J connectivity index is 1.70. The zero-order valence-corrected chi connectivity index (χ0v) is 12.9. The minimum atomic E-state index is -0.132. The predicted molar refractivity (Wildman–Crippen MR) is 84.2 cm³/mol. The Kier molecular flexibility index (Phi) is 3.53. The van der Waals surface area contributed by atoms with Crippen molar-refractivity contribution >= 4 is 11.9 Å². The second-order valence-electron chi connectivity index (χ2n) is 6.54. The fourth-order valence-electron chi connectivity index (χ4n) is 4.16. The van der Waals surface area contributed by atoms with E-state index in [0.717, 1.165) is 37.7 Å². The van der Waals surface area contributed by atoms with Gasteiger partial charge < -0.3 is 4.74 Å². The van der Waals surface area contributed by atoms with Crippen LogP contribution in [0.3, 0.4) is 0 Å². The molecule has 1 saturated carbocycles. The maximum absolute atomic E-state index is 13.1. The molecule has 0 unspecified atom stereocenters. The first-order chi connectivity index (χ1) is 11.3. The summed E-state index contributed by atoms with van der Waals surface area (Å²) in [5, 5.41) is 8.94. The van der Waals surface area contributed by atoms with Crippen molar-refractivity contribution in [2.75, 3.05) is 0 Å². The summed E-state index contributed by atoms with van der Waals surface area (Å²) < 4.78 is 5.87. The maximum atomic E-state index is 13.1. The smallest absolute Gasteiger partial charge is 0.310 e. The second kappa shape index (κ2) is 5.69. The molecule has 5 nitrogen and oxygen atoms in total. The summed E-state index contributed by atoms with van der Waals surface area (Å²) in [6.45, 7) is 0. The average Bonchev–Trinajstić information content (AvgIpc) is 3.11. The molecule has 2 fully saturated rings. The number of carbonyl (C=O) groups excluding carboxylic acids is 1. The average molecular weight is 309 g/mol. The van der Waals surface area contributed by atoms with Gasteiger partial charge in [-0.3, -0.25) is 9.69 Å². The van der Waals surface area contributed by atoms with E-state index in [-0.39, 0.29) is 30.0 Å². The summed E-state index contributed by atoms with van der Waals surface area (Å²) in [7, 11) is 0. The number of nitrogens with zero attached hydrogens (tertiary/aromatic N) is 3. The summed E-state index contributed by atoms with van der Waals surface area (Å²) in [6, 6.07) is 8.20. The number of aliphatic imine (C=N–C) groups is 1. The van der Waals surface area contributed by atoms with Crippen molar-refractivity contribution in [2.24, 2.45) is 10.9 Å². The van der Waals surface area contributed by atoms with Gasteiger partial charge in [-0.25, -0.2) is 0 Å². The van der Waals surface area contributed by atoms with Crippen LogP contribution in [0.25, 0.3) is 0 Å². The molecule has 0 N–H and O–H groups in total. The first kappa shape index (κ1) is 14.3. The number of amidine groups is 1. The van der Waals surface area contributed by atoms with Crippen LogP contribution in [-0.4, -0.2) is 22.9 Å². The molecule has 5 heteroatoms. The lowest BCUT2D eigenvalue weighted by Gasteiger charge is -2.28. The minimum absolute atomic E-state index is 0.0303. The standard InChI is InChI=1S/C18H19N3O2/c19-11-20-18-21(17(22)12-6-2-1-3-7-12)16-14-9-5-4-8-13(14)10-15(16)23-18/h4-5,8-9,12,15-16H,1-3,6-7,10H2/t15-,16+/m1/s1. The lowest BCUT2D eigenvalue weighted by Crippen LogP contribution is -2.40. The van der Waals surface area contributed by atoms with Gasteiger partial charge in [0.1, 0.15) is 12.1 Å². The fraction of sp³-hybridized carbons (Fsp3) is 0.500. The van der Waals surface area contributed by atoms with Gasteiger partial charge in [0.05, 0.1) is 0 Å². The Morgan fingerprint density at radius 1 is 1.26 bits per heavy atom. The van der Waals surface area contributed by atoms with Crippen LogP contribution in [0.1, 0.15) is 49.3 Å². The van der Waals surface area contributed by atoms with Crippen molar-refractivity contribution in [2.45, 2.75) is 50.7 Å². The summed E-state index contributed by atoms with van der Waals surface area (Å²) in [5.74, 6) is 0.102. The molecule has 23 heavy (non-hydrogen) atoms. The molecule has 1 aliphatic heterocycles. The van der Waals surface area contributed by atoms with Gasteiger partial charge in [-0.1, -0.05) is 43.5 Å². The van der Waals surface area contributed by atoms with Gasteiger partial charge in [-0.15, -0.1) is 4.99 Å². The molecule has 1 aromatic carbocycles. The number of ether oxygens (including phenoxy) is 1. The van der Waals surface area contributed by atoms with Gasteiger partial charge in [0.15, 0.2) is 0 Å². The Labute approximate surface area is 135 Å². The number of benzene rings is 1. The minimum Gasteiger partial charge on any atom is -0.458 e. The van der Waals surface area contributed by atoms with Crippen LogP contribution in [0.5, 0.6) is 0 Å². The maximum Gasteiger partial charge on any atom is 0.310 e. The highest BCUT2D eigenvalue weighted by molar-refractivity contribution is 5.98. The highest BCUT2D eigenvalue weighted by Gasteiger charge is 2.50. The second-order valence-corrected chi connectivity index (χ2v) is 6.54. The van der Waals surface area contributed by atoms with E-state index in [0.29, 0.717) is 0 Å². The number of carbonyl (C=O) groups is 1. The summed E-state index contributed by atoms with van der Waals surface area (Å²) in [4.78, 5) is 18.5. The third kappa shape index (κ3) is 2.29. The summed E-state index contributed by atoms with van der Waals surface area (Å²) in [5.41, 5.74) is 2.35. The lowest BCUT2D eigenvalue weighted by molar-refractivity contribution is -0.133. The van der Waals surface area contributed by atoms with Crippen LogP contribution >= 0.6 is 0 Å². The highest BCUT2D eigenvalue weighted by atomic mass is 16.5. The van der Waals surface area contributed by atoms with E-state index in [1.807, 2.05) is 12.1 Å². The number of rotatable bonds is 1. The predicted octanol–water partition coefficient (Wildman–Crippen LogP) is 2.93. The van der Waals surface area contributed by atoms with Crippen LogP contribution in [0.4, 0.5) is 0 Å². The molecule has 2 aliphatic carbocycles. The molecule has 118 valence electrons. The van der Waals surface area contributed by atoms with Gasteiger partial charge in [0.2, 0.25) is 12.1 Å². The van der Waals surface area contributed by atoms with Crippen molar-refractivity contribution < 1.29 is 9.53 Å². The monoisotopic (exact) mass is 309 g/mol. The van der Waals surface area contributed by atoms with Crippen molar-refractivity contribution in [3.63, 3.8) is 0 Å². The number of fused-ring (bicyclic) bond motifs is 3.